The quantitative estimate of drug-likeness (QED) is 0.0421. The Morgan fingerprint density at radius 3 is 0.316 bits per heavy atom. The van der Waals surface area contributed by atoms with Crippen molar-refractivity contribution in [2.24, 2.45) is 0 Å². The van der Waals surface area contributed by atoms with Crippen molar-refractivity contribution in [3.8, 4) is 0 Å². The second-order valence-electron chi connectivity index (χ2n) is 27.5. The standard InChI is InChI=1S/3C26H53.Ti/c3*1-3-5-7-9-11-13-15-17-19-21-23-25-26-24-22-20-18-16-14-12-10-8-6-4-2;/h3*25H,3-24,26H2,1-2H3;. The Hall–Kier alpha value is 0.714. The molecule has 0 aromatic carbocycles. The molecule has 3 atom stereocenters. The summed E-state index contributed by atoms with van der Waals surface area (Å²) in [4.78, 5) is 0. The van der Waals surface area contributed by atoms with E-state index in [0.717, 1.165) is 12.7 Å². The molecule has 475 valence electrons. The predicted octanol–water partition coefficient (Wildman–Crippen LogP) is 31.0. The fraction of sp³-hybridized carbons (Fsp3) is 1.00. The summed E-state index contributed by atoms with van der Waals surface area (Å²) in [6.07, 6.45) is 104. The van der Waals surface area contributed by atoms with Gasteiger partial charge in [-0.25, -0.2) is 0 Å². The van der Waals surface area contributed by atoms with Gasteiger partial charge in [0.2, 0.25) is 0 Å². The van der Waals surface area contributed by atoms with Gasteiger partial charge in [0.15, 0.2) is 0 Å². The van der Waals surface area contributed by atoms with Crippen molar-refractivity contribution in [3.05, 3.63) is 0 Å². The van der Waals surface area contributed by atoms with Crippen LogP contribution in [0.5, 0.6) is 0 Å². The zero-order valence-electron chi connectivity index (χ0n) is 57.0. The molecule has 0 rings (SSSR count). The Morgan fingerprint density at radius 2 is 0.215 bits per heavy atom. The molecule has 0 fully saturated rings. The van der Waals surface area contributed by atoms with Gasteiger partial charge in [0.1, 0.15) is 0 Å². The van der Waals surface area contributed by atoms with Gasteiger partial charge in [0.25, 0.3) is 0 Å². The van der Waals surface area contributed by atoms with Crippen LogP contribution >= 0.6 is 0 Å². The molecule has 0 aliphatic carbocycles. The molecule has 0 aromatic rings. The minimum atomic E-state index is -1.49. The summed E-state index contributed by atoms with van der Waals surface area (Å²) in [6.45, 7) is 14.2. The van der Waals surface area contributed by atoms with E-state index in [1.807, 2.05) is 0 Å². The first kappa shape index (κ1) is 79.7. The van der Waals surface area contributed by atoms with Crippen molar-refractivity contribution < 1.29 is 17.9 Å². The van der Waals surface area contributed by atoms with Gasteiger partial charge < -0.3 is 0 Å². The molecule has 0 amide bonds. The van der Waals surface area contributed by atoms with Gasteiger partial charge in [-0.2, -0.15) is 0 Å². The first-order valence-corrected chi connectivity index (χ1v) is 41.8. The maximum absolute atomic E-state index is 2.37. The minimum absolute atomic E-state index is 1.15. The summed E-state index contributed by atoms with van der Waals surface area (Å²) in [6, 6.07) is 0. The second kappa shape index (κ2) is 71.2. The number of unbranched alkanes of at least 4 members (excludes halogenated alkanes) is 57. The molecule has 0 saturated carbocycles. The van der Waals surface area contributed by atoms with Crippen LogP contribution in [0.1, 0.15) is 485 Å². The third-order valence-corrected chi connectivity index (χ3v) is 26.7. The van der Waals surface area contributed by atoms with Crippen LogP contribution in [0.15, 0.2) is 0 Å². The number of hydrogen-bond acceptors (Lipinski definition) is 0. The minimum Gasteiger partial charge on any atom is -0.0654 e. The molecule has 0 aromatic heterocycles. The summed E-state index contributed by atoms with van der Waals surface area (Å²) >= 11 is -1.49. The van der Waals surface area contributed by atoms with Crippen LogP contribution in [-0.2, 0) is 17.9 Å². The second-order valence-corrected chi connectivity index (χ2v) is 32.9. The van der Waals surface area contributed by atoms with E-state index in [2.05, 4.69) is 41.5 Å². The van der Waals surface area contributed by atoms with Gasteiger partial charge in [0, 0.05) is 0 Å². The molecule has 0 heterocycles. The molecular weight excluding hydrogens is 985 g/mol. The van der Waals surface area contributed by atoms with Crippen LogP contribution in [0, 0.1) is 0 Å². The topological polar surface area (TPSA) is 0 Å². The van der Waals surface area contributed by atoms with E-state index in [4.69, 9.17) is 0 Å². The molecule has 79 heavy (non-hydrogen) atoms. The van der Waals surface area contributed by atoms with E-state index in [-0.39, 0.29) is 0 Å². The smallest absolute Gasteiger partial charge is 0.0654 e. The van der Waals surface area contributed by atoms with Crippen molar-refractivity contribution >= 4 is 0 Å². The van der Waals surface area contributed by atoms with Crippen LogP contribution in [0.2, 0.25) is 12.7 Å². The van der Waals surface area contributed by atoms with Crippen LogP contribution in [-0.4, -0.2) is 0 Å². The third kappa shape index (κ3) is 60.2. The average Bonchev–Trinajstić information content (AvgIpc) is 3.47. The zero-order chi connectivity index (χ0) is 57.1. The van der Waals surface area contributed by atoms with E-state index in [9.17, 15) is 0 Å². The number of rotatable bonds is 72. The molecule has 0 radical (unpaired) electrons. The summed E-state index contributed by atoms with van der Waals surface area (Å²) < 4.78 is 3.44. The van der Waals surface area contributed by atoms with Crippen molar-refractivity contribution in [2.75, 3.05) is 0 Å². The zero-order valence-corrected chi connectivity index (χ0v) is 58.6. The normalized spacial score (nSPS) is 13.0. The van der Waals surface area contributed by atoms with E-state index in [0.29, 0.717) is 0 Å². The summed E-state index contributed by atoms with van der Waals surface area (Å²) in [5.41, 5.74) is 0. The number of hydrogen-bond donors (Lipinski definition) is 0. The van der Waals surface area contributed by atoms with Crippen molar-refractivity contribution in [2.45, 2.75) is 497 Å². The van der Waals surface area contributed by atoms with E-state index in [1.165, 1.54) is 327 Å². The van der Waals surface area contributed by atoms with Crippen LogP contribution < -0.4 is 0 Å². The molecule has 0 saturated heterocycles. The van der Waals surface area contributed by atoms with Crippen molar-refractivity contribution in [1.82, 2.24) is 0 Å². The Bertz CT molecular complexity index is 906. The fourth-order valence-corrected chi connectivity index (χ4v) is 22.4. The van der Waals surface area contributed by atoms with Gasteiger partial charge in [-0.15, -0.1) is 0 Å². The van der Waals surface area contributed by atoms with Crippen LogP contribution in [0.3, 0.4) is 0 Å². The van der Waals surface area contributed by atoms with Gasteiger partial charge in [-0.1, -0.05) is 60.8 Å². The first-order chi connectivity index (χ1) is 39.2. The Balaban J connectivity index is 6.63. The molecule has 0 nitrogen and oxygen atoms in total. The molecule has 0 aliphatic heterocycles. The average molecular weight is 1140 g/mol. The Kier molecular flexibility index (Phi) is 71.8. The molecule has 0 aliphatic rings. The SMILES string of the molecule is CCCCCCCCCCCCC[CH](CCCCCCCCCCCC)[Ti]([CH](CCCCCCCCCCCC)CCCCCCCCCCCCC)[CH](CCCCCCCCCCCC)CCCCCCCCCCCCC. The van der Waals surface area contributed by atoms with E-state index in [1.54, 1.807) is 116 Å². The molecule has 1 heteroatoms. The Morgan fingerprint density at radius 1 is 0.127 bits per heavy atom. The van der Waals surface area contributed by atoms with Gasteiger partial charge in [-0.3, -0.25) is 0 Å². The fourth-order valence-electron chi connectivity index (χ4n) is 14.2. The Labute approximate surface area is 511 Å². The van der Waals surface area contributed by atoms with E-state index >= 15 is 0 Å². The molecular formula is C78H159Ti. The van der Waals surface area contributed by atoms with E-state index < -0.39 is 17.9 Å². The predicted molar refractivity (Wildman–Crippen MR) is 364 cm³/mol. The first-order valence-electron chi connectivity index (χ1n) is 39.1. The maximum atomic E-state index is 2.37. The molecule has 3 unspecified atom stereocenters. The van der Waals surface area contributed by atoms with Gasteiger partial charge in [0.05, 0.1) is 0 Å². The van der Waals surface area contributed by atoms with Gasteiger partial charge in [-0.05, 0) is 0 Å². The van der Waals surface area contributed by atoms with Gasteiger partial charge >= 0.3 is 454 Å². The van der Waals surface area contributed by atoms with Crippen LogP contribution in [0.4, 0.5) is 0 Å². The van der Waals surface area contributed by atoms with Crippen molar-refractivity contribution in [3.63, 3.8) is 0 Å². The molecule has 0 N–H and O–H groups in total. The molecule has 0 spiro atoms. The summed E-state index contributed by atoms with van der Waals surface area (Å²) in [5.74, 6) is 0. The van der Waals surface area contributed by atoms with Crippen molar-refractivity contribution in [1.29, 1.82) is 0 Å². The summed E-state index contributed by atoms with van der Waals surface area (Å²) in [5, 5.41) is 0. The monoisotopic (exact) mass is 1140 g/mol. The third-order valence-electron chi connectivity index (χ3n) is 19.6. The summed E-state index contributed by atoms with van der Waals surface area (Å²) in [7, 11) is 0. The van der Waals surface area contributed by atoms with Crippen LogP contribution in [0.25, 0.3) is 0 Å². The molecule has 0 bridgehead atoms.